The second-order valence-electron chi connectivity index (χ2n) is 7.33. The first-order chi connectivity index (χ1) is 12.4. The molecule has 0 radical (unpaired) electrons. The first kappa shape index (κ1) is 18.1. The zero-order valence-electron chi connectivity index (χ0n) is 14.1. The van der Waals surface area contributed by atoms with E-state index in [0.717, 1.165) is 6.42 Å². The van der Waals surface area contributed by atoms with E-state index in [0.29, 0.717) is 26.2 Å². The maximum Gasteiger partial charge on any atom is 0.387 e. The summed E-state index contributed by atoms with van der Waals surface area (Å²) in [6.45, 7) is -1.15. The molecule has 2 aliphatic heterocycles. The molecule has 1 aromatic rings. The van der Waals surface area contributed by atoms with Gasteiger partial charge in [-0.3, -0.25) is 4.90 Å². The van der Waals surface area contributed by atoms with Crippen LogP contribution in [0.5, 0.6) is 5.75 Å². The highest BCUT2D eigenvalue weighted by molar-refractivity contribution is 7.92. The maximum absolute atomic E-state index is 13.4. The van der Waals surface area contributed by atoms with Gasteiger partial charge < -0.3 is 15.2 Å². The van der Waals surface area contributed by atoms with Gasteiger partial charge >= 0.3 is 6.61 Å². The number of hydrogen-bond acceptors (Lipinski definition) is 6. The van der Waals surface area contributed by atoms with Crippen molar-refractivity contribution in [3.63, 3.8) is 0 Å². The molecule has 2 saturated heterocycles. The van der Waals surface area contributed by atoms with Gasteiger partial charge in [-0.25, -0.2) is 8.42 Å². The van der Waals surface area contributed by atoms with Gasteiger partial charge in [0.2, 0.25) is 0 Å². The van der Waals surface area contributed by atoms with E-state index in [1.807, 2.05) is 4.90 Å². The largest absolute Gasteiger partial charge is 0.435 e. The number of ether oxygens (including phenoxy) is 2. The molecule has 3 aliphatic rings. The van der Waals surface area contributed by atoms with Crippen molar-refractivity contribution in [1.29, 1.82) is 0 Å². The second-order valence-corrected chi connectivity index (χ2v) is 9.37. The quantitative estimate of drug-likeness (QED) is 0.822. The average molecular weight is 388 g/mol. The lowest BCUT2D eigenvalue weighted by Gasteiger charge is -2.39. The minimum absolute atomic E-state index is 0.00686. The molecule has 3 fully saturated rings. The maximum atomic E-state index is 13.4. The van der Waals surface area contributed by atoms with Crippen molar-refractivity contribution < 1.29 is 26.7 Å². The van der Waals surface area contributed by atoms with E-state index >= 15 is 0 Å². The summed E-state index contributed by atoms with van der Waals surface area (Å²) in [7, 11) is -3.66. The lowest BCUT2D eigenvalue weighted by atomic mass is 10.0. The molecule has 9 heteroatoms. The van der Waals surface area contributed by atoms with E-state index in [9.17, 15) is 17.2 Å². The molecule has 1 aliphatic carbocycles. The summed E-state index contributed by atoms with van der Waals surface area (Å²) in [5.74, 6) is 0.204. The number of nitrogens with zero attached hydrogens (tertiary/aromatic N) is 1. The highest BCUT2D eigenvalue weighted by Gasteiger charge is 2.54. The fraction of sp³-hybridized carbons (Fsp3) is 0.647. The van der Waals surface area contributed by atoms with Crippen LogP contribution in [0.2, 0.25) is 0 Å². The topological polar surface area (TPSA) is 81.9 Å². The van der Waals surface area contributed by atoms with Crippen molar-refractivity contribution in [2.75, 3.05) is 19.8 Å². The number of nitrogens with two attached hydrogens (primary N) is 1. The predicted molar refractivity (Wildman–Crippen MR) is 89.6 cm³/mol. The van der Waals surface area contributed by atoms with Crippen LogP contribution in [0.4, 0.5) is 8.78 Å². The molecule has 6 nitrogen and oxygen atoms in total. The SMILES string of the molecule is N[C@H]1C[C@@H]2CN(C3COC3)[C@@H](S(=O)(=O)c3ccc(OC(F)F)cc3)[C@H]2C1. The molecule has 2 N–H and O–H groups in total. The fourth-order valence-corrected chi connectivity index (χ4v) is 6.71. The molecular weight excluding hydrogens is 366 g/mol. The van der Waals surface area contributed by atoms with E-state index in [-0.39, 0.29) is 34.6 Å². The summed E-state index contributed by atoms with van der Waals surface area (Å²) in [6, 6.07) is 5.35. The molecule has 26 heavy (non-hydrogen) atoms. The monoisotopic (exact) mass is 388 g/mol. The van der Waals surface area contributed by atoms with E-state index in [4.69, 9.17) is 10.5 Å². The van der Waals surface area contributed by atoms with Crippen molar-refractivity contribution in [1.82, 2.24) is 4.90 Å². The van der Waals surface area contributed by atoms with Gasteiger partial charge in [-0.05, 0) is 48.9 Å². The average Bonchev–Trinajstić information content (AvgIpc) is 3.01. The molecule has 144 valence electrons. The molecule has 4 atom stereocenters. The Kier molecular flexibility index (Phi) is 4.66. The van der Waals surface area contributed by atoms with Crippen LogP contribution in [-0.4, -0.2) is 57.1 Å². The molecular formula is C17H22F2N2O4S. The summed E-state index contributed by atoms with van der Waals surface area (Å²) in [4.78, 5) is 2.17. The van der Waals surface area contributed by atoms with Gasteiger partial charge in [0.1, 0.15) is 11.1 Å². The zero-order valence-corrected chi connectivity index (χ0v) is 14.9. The van der Waals surface area contributed by atoms with E-state index in [1.54, 1.807) is 0 Å². The van der Waals surface area contributed by atoms with Crippen LogP contribution in [0, 0.1) is 11.8 Å². The van der Waals surface area contributed by atoms with Gasteiger partial charge in [0.25, 0.3) is 0 Å². The predicted octanol–water partition coefficient (Wildman–Crippen LogP) is 1.46. The Hall–Kier alpha value is -1.29. The van der Waals surface area contributed by atoms with E-state index < -0.39 is 21.8 Å². The van der Waals surface area contributed by atoms with Crippen LogP contribution in [0.15, 0.2) is 29.2 Å². The Morgan fingerprint density at radius 1 is 1.19 bits per heavy atom. The van der Waals surface area contributed by atoms with Gasteiger partial charge in [0, 0.05) is 12.6 Å². The highest BCUT2D eigenvalue weighted by atomic mass is 32.2. The number of alkyl halides is 2. The van der Waals surface area contributed by atoms with Gasteiger partial charge in [0.05, 0.1) is 24.2 Å². The van der Waals surface area contributed by atoms with Crippen molar-refractivity contribution in [3.8, 4) is 5.75 Å². The van der Waals surface area contributed by atoms with Crippen LogP contribution in [-0.2, 0) is 14.6 Å². The lowest BCUT2D eigenvalue weighted by Crippen LogP contribution is -2.54. The van der Waals surface area contributed by atoms with Crippen molar-refractivity contribution >= 4 is 9.84 Å². The minimum atomic E-state index is -3.66. The molecule has 0 unspecified atom stereocenters. The van der Waals surface area contributed by atoms with Crippen LogP contribution < -0.4 is 10.5 Å². The van der Waals surface area contributed by atoms with E-state index in [2.05, 4.69) is 4.74 Å². The Labute approximate surface area is 151 Å². The summed E-state index contributed by atoms with van der Waals surface area (Å²) < 4.78 is 60.9. The number of rotatable bonds is 5. The molecule has 0 amide bonds. The third-order valence-electron chi connectivity index (χ3n) is 5.71. The Bertz CT molecular complexity index is 755. The standard InChI is InChI=1S/C17H22F2N2O4S/c18-17(19)25-13-1-3-14(4-2-13)26(22,23)16-15-6-11(20)5-10(15)7-21(16)12-8-24-9-12/h1-4,10-12,15-17H,5-9,20H2/t10-,11+,15+,16+/m1/s1. The number of halogens is 2. The van der Waals surface area contributed by atoms with Gasteiger partial charge in [-0.2, -0.15) is 8.78 Å². The molecule has 1 aromatic carbocycles. The van der Waals surface area contributed by atoms with Gasteiger partial charge in [-0.15, -0.1) is 0 Å². The molecule has 0 aromatic heterocycles. The molecule has 1 saturated carbocycles. The van der Waals surface area contributed by atoms with Crippen LogP contribution in [0.3, 0.4) is 0 Å². The smallest absolute Gasteiger partial charge is 0.387 e. The third-order valence-corrected chi connectivity index (χ3v) is 7.89. The summed E-state index contributed by atoms with van der Waals surface area (Å²) in [6.07, 6.45) is 1.52. The van der Waals surface area contributed by atoms with Gasteiger partial charge in [0.15, 0.2) is 9.84 Å². The molecule has 0 spiro atoms. The number of hydrogen-bond donors (Lipinski definition) is 1. The molecule has 0 bridgehead atoms. The van der Waals surface area contributed by atoms with Crippen LogP contribution >= 0.6 is 0 Å². The number of likely N-dealkylation sites (tertiary alicyclic amines) is 1. The first-order valence-electron chi connectivity index (χ1n) is 8.74. The summed E-state index contributed by atoms with van der Waals surface area (Å²) in [5.41, 5.74) is 6.08. The Balaban J connectivity index is 1.63. The number of fused-ring (bicyclic) bond motifs is 1. The Morgan fingerprint density at radius 2 is 1.88 bits per heavy atom. The summed E-state index contributed by atoms with van der Waals surface area (Å²) in [5, 5.41) is -0.642. The van der Waals surface area contributed by atoms with E-state index in [1.165, 1.54) is 24.3 Å². The number of sulfone groups is 1. The van der Waals surface area contributed by atoms with Crippen molar-refractivity contribution in [2.45, 2.75) is 41.8 Å². The summed E-state index contributed by atoms with van der Waals surface area (Å²) >= 11 is 0. The lowest BCUT2D eigenvalue weighted by molar-refractivity contribution is -0.0639. The third kappa shape index (κ3) is 3.11. The highest BCUT2D eigenvalue weighted by Crippen LogP contribution is 2.46. The molecule has 4 rings (SSSR count). The normalized spacial score (nSPS) is 32.6. The van der Waals surface area contributed by atoms with Gasteiger partial charge in [-0.1, -0.05) is 0 Å². The van der Waals surface area contributed by atoms with Crippen LogP contribution in [0.1, 0.15) is 12.8 Å². The first-order valence-corrected chi connectivity index (χ1v) is 10.3. The Morgan fingerprint density at radius 3 is 2.46 bits per heavy atom. The molecule has 2 heterocycles. The van der Waals surface area contributed by atoms with Crippen LogP contribution in [0.25, 0.3) is 0 Å². The minimum Gasteiger partial charge on any atom is -0.435 e. The second kappa shape index (κ2) is 6.70. The van der Waals surface area contributed by atoms with Crippen molar-refractivity contribution in [2.24, 2.45) is 17.6 Å². The number of benzene rings is 1. The fourth-order valence-electron chi connectivity index (χ4n) is 4.51. The zero-order chi connectivity index (χ0) is 18.5. The van der Waals surface area contributed by atoms with Crippen molar-refractivity contribution in [3.05, 3.63) is 24.3 Å².